The lowest BCUT2D eigenvalue weighted by Gasteiger charge is -2.27. The normalized spacial score (nSPS) is 19.6. The van der Waals surface area contributed by atoms with E-state index in [1.807, 2.05) is 25.1 Å². The molecule has 1 amide bonds. The Balaban J connectivity index is 2.61. The zero-order valence-electron chi connectivity index (χ0n) is 11.8. The van der Waals surface area contributed by atoms with Crippen molar-refractivity contribution in [2.24, 2.45) is 0 Å². The van der Waals surface area contributed by atoms with E-state index in [9.17, 15) is 4.79 Å². The molecule has 2 rings (SSSR count). The second-order valence-corrected chi connectivity index (χ2v) is 4.61. The molecule has 0 radical (unpaired) electrons. The Morgan fingerprint density at radius 3 is 2.65 bits per heavy atom. The summed E-state index contributed by atoms with van der Waals surface area (Å²) in [4.78, 5) is 14.0. The van der Waals surface area contributed by atoms with Gasteiger partial charge in [-0.3, -0.25) is 4.79 Å². The van der Waals surface area contributed by atoms with Gasteiger partial charge in [0.2, 0.25) is 5.91 Å². The molecule has 1 aromatic carbocycles. The number of nitrogens with zero attached hydrogens (tertiary/aromatic N) is 1. The Bertz CT molecular complexity index is 608. The van der Waals surface area contributed by atoms with Crippen LogP contribution in [0.4, 0.5) is 0 Å². The van der Waals surface area contributed by atoms with Crippen molar-refractivity contribution in [3.8, 4) is 0 Å². The van der Waals surface area contributed by atoms with Crippen LogP contribution < -0.4 is 0 Å². The van der Waals surface area contributed by atoms with Gasteiger partial charge in [0.1, 0.15) is 0 Å². The third kappa shape index (κ3) is 2.64. The lowest BCUT2D eigenvalue weighted by molar-refractivity contribution is -0.129. The molecular weight excluding hydrogens is 246 g/mol. The molecule has 0 aliphatic carbocycles. The van der Waals surface area contributed by atoms with E-state index >= 15 is 0 Å². The van der Waals surface area contributed by atoms with Gasteiger partial charge in [-0.15, -0.1) is 0 Å². The predicted octanol–water partition coefficient (Wildman–Crippen LogP) is 4.08. The van der Waals surface area contributed by atoms with Crippen molar-refractivity contribution in [2.45, 2.75) is 19.9 Å². The minimum atomic E-state index is 0.0874. The number of carbonyl (C=O) groups excluding carboxylic acids is 1. The summed E-state index contributed by atoms with van der Waals surface area (Å²) in [5.74, 6) is 0.0874. The number of fused-ring (bicyclic) bond motifs is 1. The number of rotatable bonds is 3. The summed E-state index contributed by atoms with van der Waals surface area (Å²) in [5, 5.41) is 0. The fourth-order valence-corrected chi connectivity index (χ4v) is 2.33. The Morgan fingerprint density at radius 1 is 1.25 bits per heavy atom. The van der Waals surface area contributed by atoms with Crippen molar-refractivity contribution in [3.05, 3.63) is 78.0 Å². The molecule has 0 saturated heterocycles. The Hall–Kier alpha value is -2.35. The van der Waals surface area contributed by atoms with E-state index in [0.29, 0.717) is 13.0 Å². The number of amides is 1. The number of hydrogen-bond acceptors (Lipinski definition) is 1. The van der Waals surface area contributed by atoms with Crippen LogP contribution in [-0.2, 0) is 11.3 Å². The fraction of sp³-hybridized carbons (Fsp3) is 0.167. The molecule has 0 unspecified atom stereocenters. The fourth-order valence-electron chi connectivity index (χ4n) is 2.33. The first-order valence-corrected chi connectivity index (χ1v) is 6.76. The SMILES string of the molecule is C=CC1=C(\C=C)N(C(=O)CC)Cc2ccccc2/C=C\1. The van der Waals surface area contributed by atoms with Crippen molar-refractivity contribution in [3.63, 3.8) is 0 Å². The van der Waals surface area contributed by atoms with E-state index in [4.69, 9.17) is 0 Å². The monoisotopic (exact) mass is 265 g/mol. The highest BCUT2D eigenvalue weighted by Crippen LogP contribution is 2.24. The molecule has 2 nitrogen and oxygen atoms in total. The lowest BCUT2D eigenvalue weighted by atomic mass is 10.0. The average molecular weight is 265 g/mol. The molecule has 1 aromatic rings. The average Bonchev–Trinajstić information content (AvgIpc) is 2.47. The first-order valence-electron chi connectivity index (χ1n) is 6.76. The van der Waals surface area contributed by atoms with E-state index in [2.05, 4.69) is 31.4 Å². The Kier molecular flexibility index (Phi) is 4.36. The molecule has 0 saturated carbocycles. The third-order valence-electron chi connectivity index (χ3n) is 3.43. The molecule has 1 aliphatic heterocycles. The number of carbonyl (C=O) groups is 1. The standard InChI is InChI=1S/C18H19NO/c1-4-14-11-12-15-9-7-8-10-16(15)13-19(17(14)5-2)18(20)6-3/h4-5,7-12H,1-2,6,13H2,3H3/b12-11-,17-14-. The molecule has 1 heterocycles. The molecule has 0 aromatic heterocycles. The summed E-state index contributed by atoms with van der Waals surface area (Å²) in [6.07, 6.45) is 8.00. The lowest BCUT2D eigenvalue weighted by Crippen LogP contribution is -2.30. The van der Waals surface area contributed by atoms with Crippen LogP contribution in [0.2, 0.25) is 0 Å². The third-order valence-corrected chi connectivity index (χ3v) is 3.43. The maximum absolute atomic E-state index is 12.3. The molecule has 0 atom stereocenters. The second kappa shape index (κ2) is 6.20. The first-order chi connectivity index (χ1) is 9.71. The van der Waals surface area contributed by atoms with Gasteiger partial charge in [0.05, 0.1) is 12.2 Å². The minimum absolute atomic E-state index is 0.0874. The van der Waals surface area contributed by atoms with Gasteiger partial charge in [-0.05, 0) is 22.8 Å². The van der Waals surface area contributed by atoms with E-state index in [-0.39, 0.29) is 5.91 Å². The number of benzene rings is 1. The van der Waals surface area contributed by atoms with E-state index < -0.39 is 0 Å². The smallest absolute Gasteiger partial charge is 0.227 e. The molecule has 0 N–H and O–H groups in total. The maximum atomic E-state index is 12.3. The highest BCUT2D eigenvalue weighted by molar-refractivity contribution is 5.79. The van der Waals surface area contributed by atoms with Crippen molar-refractivity contribution >= 4 is 12.0 Å². The first kappa shape index (κ1) is 14.1. The molecule has 0 fully saturated rings. The molecule has 2 heteroatoms. The minimum Gasteiger partial charge on any atom is -0.307 e. The van der Waals surface area contributed by atoms with Gasteiger partial charge < -0.3 is 4.90 Å². The van der Waals surface area contributed by atoms with Crippen molar-refractivity contribution in [2.75, 3.05) is 0 Å². The van der Waals surface area contributed by atoms with Crippen LogP contribution in [0.15, 0.2) is 66.9 Å². The van der Waals surface area contributed by atoms with E-state index in [1.165, 1.54) is 0 Å². The Labute approximate surface area is 120 Å². The van der Waals surface area contributed by atoms with Gasteiger partial charge in [-0.2, -0.15) is 0 Å². The molecule has 102 valence electrons. The van der Waals surface area contributed by atoms with Crippen LogP contribution in [0, 0.1) is 0 Å². The molecule has 20 heavy (non-hydrogen) atoms. The summed E-state index contributed by atoms with van der Waals surface area (Å²) >= 11 is 0. The van der Waals surface area contributed by atoms with Gasteiger partial charge in [0, 0.05) is 6.42 Å². The molecule has 0 spiro atoms. The topological polar surface area (TPSA) is 20.3 Å². The summed E-state index contributed by atoms with van der Waals surface area (Å²) in [6.45, 7) is 10.1. The van der Waals surface area contributed by atoms with Crippen molar-refractivity contribution in [1.82, 2.24) is 4.90 Å². The van der Waals surface area contributed by atoms with Crippen molar-refractivity contribution in [1.29, 1.82) is 0 Å². The molecule has 1 aliphatic rings. The van der Waals surface area contributed by atoms with Crippen molar-refractivity contribution < 1.29 is 4.79 Å². The summed E-state index contributed by atoms with van der Waals surface area (Å²) in [5.41, 5.74) is 3.99. The molecular formula is C18H19NO. The van der Waals surface area contributed by atoms with E-state index in [0.717, 1.165) is 22.4 Å². The quantitative estimate of drug-likeness (QED) is 0.806. The number of allylic oxidation sites excluding steroid dienone is 4. The summed E-state index contributed by atoms with van der Waals surface area (Å²) in [6, 6.07) is 8.10. The Morgan fingerprint density at radius 2 is 2.00 bits per heavy atom. The van der Waals surface area contributed by atoms with Crippen LogP contribution in [0.1, 0.15) is 24.5 Å². The van der Waals surface area contributed by atoms with Gasteiger partial charge in [0.25, 0.3) is 0 Å². The molecule has 0 bridgehead atoms. The summed E-state index contributed by atoms with van der Waals surface area (Å²) in [7, 11) is 0. The van der Waals surface area contributed by atoms with Crippen LogP contribution in [0.3, 0.4) is 0 Å². The maximum Gasteiger partial charge on any atom is 0.227 e. The second-order valence-electron chi connectivity index (χ2n) is 4.61. The van der Waals surface area contributed by atoms with Crippen LogP contribution in [0.25, 0.3) is 6.08 Å². The van der Waals surface area contributed by atoms with Gasteiger partial charge in [0.15, 0.2) is 0 Å². The highest BCUT2D eigenvalue weighted by atomic mass is 16.2. The predicted molar refractivity (Wildman–Crippen MR) is 83.7 cm³/mol. The zero-order chi connectivity index (χ0) is 14.5. The van der Waals surface area contributed by atoms with Gasteiger partial charge in [-0.25, -0.2) is 0 Å². The van der Waals surface area contributed by atoms with Gasteiger partial charge >= 0.3 is 0 Å². The van der Waals surface area contributed by atoms with Crippen LogP contribution in [0.5, 0.6) is 0 Å². The highest BCUT2D eigenvalue weighted by Gasteiger charge is 2.19. The largest absolute Gasteiger partial charge is 0.307 e. The number of hydrogen-bond donors (Lipinski definition) is 0. The summed E-state index contributed by atoms with van der Waals surface area (Å²) < 4.78 is 0. The van der Waals surface area contributed by atoms with Gasteiger partial charge in [-0.1, -0.05) is 62.6 Å². The van der Waals surface area contributed by atoms with E-state index in [1.54, 1.807) is 17.1 Å². The zero-order valence-corrected chi connectivity index (χ0v) is 11.8. The van der Waals surface area contributed by atoms with Crippen LogP contribution >= 0.6 is 0 Å². The van der Waals surface area contributed by atoms with Crippen LogP contribution in [-0.4, -0.2) is 10.8 Å².